The molecule has 0 saturated heterocycles. The molecule has 2 heteroatoms. The molecule has 0 bridgehead atoms. The summed E-state index contributed by atoms with van der Waals surface area (Å²) in [6.07, 6.45) is 3.92. The molecule has 1 aliphatic rings. The normalized spacial score (nSPS) is 12.1. The first-order valence-corrected chi connectivity index (χ1v) is 16.9. The van der Waals surface area contributed by atoms with E-state index in [4.69, 9.17) is 0 Å². The van der Waals surface area contributed by atoms with E-state index in [9.17, 15) is 0 Å². The number of benzene rings is 8. The molecule has 8 aromatic carbocycles. The summed E-state index contributed by atoms with van der Waals surface area (Å²) in [6, 6.07) is 58.0. The fourth-order valence-electron chi connectivity index (χ4n) is 8.55. The highest BCUT2D eigenvalue weighted by Gasteiger charge is 2.30. The Balaban J connectivity index is 1.33. The molecule has 49 heavy (non-hydrogen) atoms. The number of fused-ring (bicyclic) bond motifs is 8. The van der Waals surface area contributed by atoms with Gasteiger partial charge in [0.2, 0.25) is 0 Å². The number of hydrogen-bond donors (Lipinski definition) is 0. The molecule has 0 aliphatic heterocycles. The van der Waals surface area contributed by atoms with Gasteiger partial charge in [0.25, 0.3) is 0 Å². The van der Waals surface area contributed by atoms with E-state index in [1.54, 1.807) is 0 Å². The maximum atomic E-state index is 4.56. The van der Waals surface area contributed by atoms with Gasteiger partial charge in [-0.25, -0.2) is 0 Å². The molecule has 11 rings (SSSR count). The third-order valence-electron chi connectivity index (χ3n) is 10.6. The van der Waals surface area contributed by atoms with Crippen LogP contribution in [0.2, 0.25) is 0 Å². The highest BCUT2D eigenvalue weighted by molar-refractivity contribution is 6.27. The SMILES string of the molecule is c1ccc(-c2c3c(c(-c4ccccc4)c4cc(-n5c6ccncc6c6cc7ccccc7cc65)ccc24)-c2cccc4cccc-3c24)cc1. The topological polar surface area (TPSA) is 17.8 Å². The second kappa shape index (κ2) is 10.00. The molecule has 226 valence electrons. The lowest BCUT2D eigenvalue weighted by molar-refractivity contribution is 1.18. The molecule has 2 aromatic heterocycles. The van der Waals surface area contributed by atoms with Crippen LogP contribution in [0.5, 0.6) is 0 Å². The van der Waals surface area contributed by atoms with Crippen molar-refractivity contribution in [3.05, 3.63) is 170 Å². The second-order valence-corrected chi connectivity index (χ2v) is 13.1. The summed E-state index contributed by atoms with van der Waals surface area (Å²) in [5.41, 5.74) is 13.8. The maximum absolute atomic E-state index is 4.56. The minimum Gasteiger partial charge on any atom is -0.309 e. The zero-order chi connectivity index (χ0) is 32.1. The van der Waals surface area contributed by atoms with E-state index in [1.165, 1.54) is 87.7 Å². The maximum Gasteiger partial charge on any atom is 0.0571 e. The van der Waals surface area contributed by atoms with Crippen molar-refractivity contribution in [1.29, 1.82) is 0 Å². The molecule has 0 atom stereocenters. The first-order valence-electron chi connectivity index (χ1n) is 16.9. The molecule has 10 aromatic rings. The predicted octanol–water partition coefficient (Wildman–Crippen LogP) is 12.6. The lowest BCUT2D eigenvalue weighted by Crippen LogP contribution is -1.97. The summed E-state index contributed by atoms with van der Waals surface area (Å²) in [5.74, 6) is 0. The minimum atomic E-state index is 1.14. The molecule has 2 heterocycles. The first-order chi connectivity index (χ1) is 24.3. The number of nitrogens with zero attached hydrogens (tertiary/aromatic N) is 2. The minimum absolute atomic E-state index is 1.14. The highest BCUT2D eigenvalue weighted by Crippen LogP contribution is 2.57. The van der Waals surface area contributed by atoms with Crippen LogP contribution < -0.4 is 0 Å². The van der Waals surface area contributed by atoms with Gasteiger partial charge in [-0.2, -0.15) is 0 Å². The van der Waals surface area contributed by atoms with Crippen LogP contribution >= 0.6 is 0 Å². The van der Waals surface area contributed by atoms with Crippen molar-refractivity contribution >= 4 is 54.1 Å². The summed E-state index contributed by atoms with van der Waals surface area (Å²) >= 11 is 0. The van der Waals surface area contributed by atoms with Crippen molar-refractivity contribution in [2.45, 2.75) is 0 Å². The predicted molar refractivity (Wildman–Crippen MR) is 206 cm³/mol. The molecule has 2 nitrogen and oxygen atoms in total. The summed E-state index contributed by atoms with van der Waals surface area (Å²) in [6.45, 7) is 0. The van der Waals surface area contributed by atoms with Gasteiger partial charge in [-0.1, -0.05) is 127 Å². The number of rotatable bonds is 3. The van der Waals surface area contributed by atoms with Crippen LogP contribution in [0.15, 0.2) is 170 Å². The van der Waals surface area contributed by atoms with Gasteiger partial charge in [-0.15, -0.1) is 0 Å². The fraction of sp³-hybridized carbons (Fsp3) is 0. The van der Waals surface area contributed by atoms with Crippen molar-refractivity contribution in [3.63, 3.8) is 0 Å². The van der Waals surface area contributed by atoms with Crippen LogP contribution in [0.3, 0.4) is 0 Å². The monoisotopic (exact) mass is 620 g/mol. The van der Waals surface area contributed by atoms with E-state index in [-0.39, 0.29) is 0 Å². The average molecular weight is 621 g/mol. The Hall–Kier alpha value is -6.51. The van der Waals surface area contributed by atoms with Crippen molar-refractivity contribution in [1.82, 2.24) is 9.55 Å². The lowest BCUT2D eigenvalue weighted by atomic mass is 9.82. The molecule has 0 unspecified atom stereocenters. The van der Waals surface area contributed by atoms with Gasteiger partial charge >= 0.3 is 0 Å². The summed E-state index contributed by atoms with van der Waals surface area (Å²) in [7, 11) is 0. The van der Waals surface area contributed by atoms with Crippen LogP contribution in [0.4, 0.5) is 0 Å². The van der Waals surface area contributed by atoms with Gasteiger partial charge in [0.05, 0.1) is 11.0 Å². The van der Waals surface area contributed by atoms with Crippen LogP contribution in [0, 0.1) is 0 Å². The van der Waals surface area contributed by atoms with Crippen LogP contribution in [-0.4, -0.2) is 9.55 Å². The molecular formula is C47H28N2. The van der Waals surface area contributed by atoms with Crippen LogP contribution in [0.25, 0.3) is 104 Å². The van der Waals surface area contributed by atoms with E-state index >= 15 is 0 Å². The Kier molecular flexibility index (Phi) is 5.42. The Morgan fingerprint density at radius 2 is 1.00 bits per heavy atom. The van der Waals surface area contributed by atoms with Crippen LogP contribution in [-0.2, 0) is 0 Å². The zero-order valence-corrected chi connectivity index (χ0v) is 26.6. The van der Waals surface area contributed by atoms with E-state index in [2.05, 4.69) is 167 Å². The molecule has 0 saturated carbocycles. The van der Waals surface area contributed by atoms with Gasteiger partial charge < -0.3 is 4.57 Å². The van der Waals surface area contributed by atoms with Crippen molar-refractivity contribution in [2.75, 3.05) is 0 Å². The van der Waals surface area contributed by atoms with E-state index in [1.807, 2.05) is 12.4 Å². The quantitative estimate of drug-likeness (QED) is 0.192. The van der Waals surface area contributed by atoms with Crippen molar-refractivity contribution in [3.8, 4) is 50.2 Å². The Morgan fingerprint density at radius 3 is 1.69 bits per heavy atom. The second-order valence-electron chi connectivity index (χ2n) is 13.1. The van der Waals surface area contributed by atoms with E-state index < -0.39 is 0 Å². The number of aromatic nitrogens is 2. The van der Waals surface area contributed by atoms with Crippen molar-refractivity contribution in [2.24, 2.45) is 0 Å². The summed E-state index contributed by atoms with van der Waals surface area (Å²) < 4.78 is 2.43. The molecule has 0 amide bonds. The highest BCUT2D eigenvalue weighted by atomic mass is 15.0. The van der Waals surface area contributed by atoms with Gasteiger partial charge in [-0.3, -0.25) is 4.98 Å². The van der Waals surface area contributed by atoms with Gasteiger partial charge in [-0.05, 0) is 107 Å². The molecule has 1 aliphatic carbocycles. The third kappa shape index (κ3) is 3.69. The lowest BCUT2D eigenvalue weighted by Gasteiger charge is -2.21. The smallest absolute Gasteiger partial charge is 0.0571 e. The Bertz CT molecular complexity index is 2970. The van der Waals surface area contributed by atoms with Gasteiger partial charge in [0, 0.05) is 28.9 Å². The zero-order valence-electron chi connectivity index (χ0n) is 26.6. The summed E-state index contributed by atoms with van der Waals surface area (Å²) in [4.78, 5) is 4.56. The van der Waals surface area contributed by atoms with Crippen LogP contribution in [0.1, 0.15) is 0 Å². The van der Waals surface area contributed by atoms with E-state index in [0.29, 0.717) is 0 Å². The van der Waals surface area contributed by atoms with E-state index in [0.717, 1.165) is 16.6 Å². The average Bonchev–Trinajstić information content (AvgIpc) is 3.67. The van der Waals surface area contributed by atoms with Gasteiger partial charge in [0.1, 0.15) is 0 Å². The number of hydrogen-bond acceptors (Lipinski definition) is 1. The van der Waals surface area contributed by atoms with Crippen molar-refractivity contribution < 1.29 is 0 Å². The summed E-state index contributed by atoms with van der Waals surface area (Å²) in [5, 5.41) is 9.96. The molecule has 0 spiro atoms. The molecule has 0 fully saturated rings. The Labute approximate surface area is 283 Å². The number of pyridine rings is 1. The largest absolute Gasteiger partial charge is 0.309 e. The molecule has 0 N–H and O–H groups in total. The molecular weight excluding hydrogens is 593 g/mol. The third-order valence-corrected chi connectivity index (χ3v) is 10.6. The van der Waals surface area contributed by atoms with Gasteiger partial charge in [0.15, 0.2) is 0 Å². The Morgan fingerprint density at radius 1 is 0.388 bits per heavy atom. The standard InChI is InChI=1S/C47H28N2/c1-3-11-30(12-4-1)44-35-22-21-34(49-41-23-24-48-28-40(41)38-25-32-15-7-8-16-33(32)26-42(38)49)27-39(35)45(31-13-5-2-6-14-31)47-37-20-10-18-29-17-9-19-36(43(29)37)46(44)47/h1-28H. The first kappa shape index (κ1) is 26.5. The fourth-order valence-corrected chi connectivity index (χ4v) is 8.55. The molecule has 0 radical (unpaired) electrons.